The highest BCUT2D eigenvalue weighted by atomic mass is 32.2. The van der Waals surface area contributed by atoms with Crippen molar-refractivity contribution >= 4 is 29.4 Å². The van der Waals surface area contributed by atoms with Crippen molar-refractivity contribution in [2.75, 3.05) is 12.3 Å². The second-order valence-corrected chi connectivity index (χ2v) is 7.70. The van der Waals surface area contributed by atoms with Gasteiger partial charge in [0.2, 0.25) is 5.91 Å². The Morgan fingerprint density at radius 3 is 2.13 bits per heavy atom. The van der Waals surface area contributed by atoms with Crippen molar-refractivity contribution in [3.8, 4) is 0 Å². The summed E-state index contributed by atoms with van der Waals surface area (Å²) in [7, 11) is 0. The van der Waals surface area contributed by atoms with Gasteiger partial charge in [0.15, 0.2) is 0 Å². The van der Waals surface area contributed by atoms with Crippen molar-refractivity contribution in [3.63, 3.8) is 0 Å². The van der Waals surface area contributed by atoms with Crippen LogP contribution in [0.15, 0.2) is 60.7 Å². The smallest absolute Gasteiger partial charge is 0.232 e. The maximum atomic E-state index is 12.1. The number of amides is 1. The fourth-order valence-electron chi connectivity index (χ4n) is 2.03. The van der Waals surface area contributed by atoms with Crippen LogP contribution in [0, 0.1) is 0 Å². The van der Waals surface area contributed by atoms with Crippen LogP contribution < -0.4 is 5.32 Å². The predicted molar refractivity (Wildman–Crippen MR) is 103 cm³/mol. The molecule has 0 saturated carbocycles. The second-order valence-electron chi connectivity index (χ2n) is 5.27. The van der Waals surface area contributed by atoms with Gasteiger partial charge in [-0.1, -0.05) is 60.7 Å². The summed E-state index contributed by atoms with van der Waals surface area (Å²) in [6.45, 7) is 2.70. The van der Waals surface area contributed by atoms with Gasteiger partial charge in [-0.3, -0.25) is 4.79 Å². The summed E-state index contributed by atoms with van der Waals surface area (Å²) in [5.74, 6) is 2.94. The fourth-order valence-corrected chi connectivity index (χ4v) is 3.71. The lowest BCUT2D eigenvalue weighted by Gasteiger charge is -2.12. The first kappa shape index (κ1) is 18.0. The Morgan fingerprint density at radius 2 is 1.52 bits per heavy atom. The van der Waals surface area contributed by atoms with Gasteiger partial charge in [0.1, 0.15) is 0 Å². The summed E-state index contributed by atoms with van der Waals surface area (Å²) in [6.07, 6.45) is 0. The van der Waals surface area contributed by atoms with E-state index in [1.165, 1.54) is 11.1 Å². The van der Waals surface area contributed by atoms with Crippen molar-refractivity contribution in [2.24, 2.45) is 0 Å². The Morgan fingerprint density at radius 1 is 0.957 bits per heavy atom. The Kier molecular flexibility index (Phi) is 8.12. The zero-order valence-corrected chi connectivity index (χ0v) is 15.0. The van der Waals surface area contributed by atoms with Crippen molar-refractivity contribution in [2.45, 2.75) is 23.7 Å². The molecule has 2 aromatic carbocycles. The molecule has 0 aliphatic heterocycles. The quantitative estimate of drug-likeness (QED) is 0.685. The zero-order valence-electron chi connectivity index (χ0n) is 13.4. The zero-order chi connectivity index (χ0) is 16.3. The molecule has 0 bridgehead atoms. The molecule has 2 rings (SSSR count). The van der Waals surface area contributed by atoms with Gasteiger partial charge >= 0.3 is 0 Å². The number of rotatable bonds is 9. The van der Waals surface area contributed by atoms with Gasteiger partial charge in [0.05, 0.1) is 5.25 Å². The van der Waals surface area contributed by atoms with Crippen LogP contribution in [-0.4, -0.2) is 23.5 Å². The number of carbonyl (C=O) groups is 1. The average Bonchev–Trinajstić information content (AvgIpc) is 2.61. The topological polar surface area (TPSA) is 29.1 Å². The predicted octanol–water partition coefficient (Wildman–Crippen LogP) is 4.36. The van der Waals surface area contributed by atoms with Gasteiger partial charge in [0.25, 0.3) is 0 Å². The molecule has 0 aliphatic rings. The minimum absolute atomic E-state index is 0.0191. The van der Waals surface area contributed by atoms with E-state index in [2.05, 4.69) is 41.7 Å². The molecule has 0 aliphatic carbocycles. The van der Waals surface area contributed by atoms with E-state index in [-0.39, 0.29) is 11.2 Å². The molecule has 122 valence electrons. The molecule has 4 heteroatoms. The highest BCUT2D eigenvalue weighted by Gasteiger charge is 2.12. The van der Waals surface area contributed by atoms with Crippen LogP contribution >= 0.6 is 23.5 Å². The van der Waals surface area contributed by atoms with E-state index < -0.39 is 0 Å². The molecule has 0 spiro atoms. The minimum Gasteiger partial charge on any atom is -0.354 e. The van der Waals surface area contributed by atoms with Crippen molar-refractivity contribution in [3.05, 3.63) is 71.8 Å². The van der Waals surface area contributed by atoms with Crippen molar-refractivity contribution in [1.82, 2.24) is 5.32 Å². The molecule has 0 saturated heterocycles. The Hall–Kier alpha value is -1.39. The third kappa shape index (κ3) is 7.14. The van der Waals surface area contributed by atoms with Crippen LogP contribution in [0.25, 0.3) is 0 Å². The van der Waals surface area contributed by atoms with Gasteiger partial charge in [-0.15, -0.1) is 11.8 Å². The lowest BCUT2D eigenvalue weighted by atomic mass is 10.2. The van der Waals surface area contributed by atoms with E-state index in [4.69, 9.17) is 0 Å². The molecule has 1 amide bonds. The molecule has 1 atom stereocenters. The van der Waals surface area contributed by atoms with E-state index in [9.17, 15) is 4.79 Å². The molecule has 1 N–H and O–H groups in total. The second kappa shape index (κ2) is 10.4. The Labute approximate surface area is 147 Å². The number of hydrogen-bond donors (Lipinski definition) is 1. The van der Waals surface area contributed by atoms with Crippen LogP contribution in [0.3, 0.4) is 0 Å². The highest BCUT2D eigenvalue weighted by Crippen LogP contribution is 2.17. The average molecular weight is 346 g/mol. The van der Waals surface area contributed by atoms with Crippen LogP contribution in [0.1, 0.15) is 18.1 Å². The maximum absolute atomic E-state index is 12.1. The van der Waals surface area contributed by atoms with Gasteiger partial charge in [-0.05, 0) is 18.1 Å². The van der Waals surface area contributed by atoms with Gasteiger partial charge in [-0.2, -0.15) is 11.8 Å². The lowest BCUT2D eigenvalue weighted by Crippen LogP contribution is -2.32. The van der Waals surface area contributed by atoms with Gasteiger partial charge < -0.3 is 5.32 Å². The fraction of sp³-hybridized carbons (Fsp3) is 0.316. The molecular weight excluding hydrogens is 322 g/mol. The number of benzene rings is 2. The van der Waals surface area contributed by atoms with E-state index >= 15 is 0 Å². The third-order valence-electron chi connectivity index (χ3n) is 3.37. The Bertz CT molecular complexity index is 574. The standard InChI is InChI=1S/C19H23NOS2/c1-16(23-15-18-10-6-3-7-11-18)19(21)20-12-13-22-14-17-8-4-2-5-9-17/h2-11,16H,12-15H2,1H3,(H,20,21)/t16-/m0/s1. The summed E-state index contributed by atoms with van der Waals surface area (Å²) >= 11 is 3.53. The molecule has 23 heavy (non-hydrogen) atoms. The summed E-state index contributed by atoms with van der Waals surface area (Å²) in [6, 6.07) is 20.7. The lowest BCUT2D eigenvalue weighted by molar-refractivity contribution is -0.120. The SMILES string of the molecule is C[C@H](SCc1ccccc1)C(=O)NCCSCc1ccccc1. The normalized spacial score (nSPS) is 11.9. The number of nitrogens with one attached hydrogen (secondary N) is 1. The molecule has 0 heterocycles. The van der Waals surface area contributed by atoms with Crippen LogP contribution in [0.4, 0.5) is 0 Å². The van der Waals surface area contributed by atoms with E-state index in [1.807, 2.05) is 43.0 Å². The third-order valence-corrected chi connectivity index (χ3v) is 5.61. The molecule has 0 unspecified atom stereocenters. The van der Waals surface area contributed by atoms with Crippen LogP contribution in [-0.2, 0) is 16.3 Å². The summed E-state index contributed by atoms with van der Waals surface area (Å²) in [5, 5.41) is 3.01. The van der Waals surface area contributed by atoms with Crippen molar-refractivity contribution < 1.29 is 4.79 Å². The minimum atomic E-state index is -0.0191. The largest absolute Gasteiger partial charge is 0.354 e. The van der Waals surface area contributed by atoms with Gasteiger partial charge in [0, 0.05) is 23.8 Å². The molecule has 0 aromatic heterocycles. The molecule has 2 aromatic rings. The molecule has 2 nitrogen and oxygen atoms in total. The summed E-state index contributed by atoms with van der Waals surface area (Å²) in [5.41, 5.74) is 2.59. The summed E-state index contributed by atoms with van der Waals surface area (Å²) in [4.78, 5) is 12.1. The monoisotopic (exact) mass is 345 g/mol. The van der Waals surface area contributed by atoms with Crippen molar-refractivity contribution in [1.29, 1.82) is 0 Å². The first-order valence-electron chi connectivity index (χ1n) is 7.80. The van der Waals surface area contributed by atoms with Gasteiger partial charge in [-0.25, -0.2) is 0 Å². The van der Waals surface area contributed by atoms with E-state index in [1.54, 1.807) is 11.8 Å². The molecule has 0 radical (unpaired) electrons. The Balaban J connectivity index is 1.57. The highest BCUT2D eigenvalue weighted by molar-refractivity contribution is 7.99. The first-order chi connectivity index (χ1) is 11.3. The summed E-state index contributed by atoms with van der Waals surface area (Å²) < 4.78 is 0. The molecule has 0 fully saturated rings. The van der Waals surface area contributed by atoms with E-state index in [0.717, 1.165) is 23.8 Å². The number of carbonyl (C=O) groups excluding carboxylic acids is 1. The number of thioether (sulfide) groups is 2. The number of hydrogen-bond acceptors (Lipinski definition) is 3. The van der Waals surface area contributed by atoms with E-state index in [0.29, 0.717) is 0 Å². The first-order valence-corrected chi connectivity index (χ1v) is 10.0. The maximum Gasteiger partial charge on any atom is 0.232 e. The van der Waals surface area contributed by atoms with Crippen LogP contribution in [0.5, 0.6) is 0 Å². The molecular formula is C19H23NOS2. The van der Waals surface area contributed by atoms with Crippen LogP contribution in [0.2, 0.25) is 0 Å².